The standard InChI is InChI=1S/C20H22N2O4.C7H7ClN2/c1-14-3-6-18(21-12-14)22-9-7-20(8-10-22,26-13-23)17-5-4-16(19(24)25)11-15(17)2;8-5-1-2-6-7(3-5)10-4-9-6/h3-6,11-13H,7-10H2,1-2H3,(H,24,25);1-4,6-7H,(H,9,10). The van der Waals surface area contributed by atoms with E-state index >= 15 is 0 Å². The SMILES string of the molecule is Cc1ccc(N2CCC(OC=O)(c3ccc(C(=O)O)cc3C)CC2)nc1.ClC1=CC2NC=NC2C=C1. The summed E-state index contributed by atoms with van der Waals surface area (Å²) in [5.74, 6) is -0.0569. The molecule has 0 amide bonds. The molecule has 0 spiro atoms. The first-order chi connectivity index (χ1) is 17.3. The van der Waals surface area contributed by atoms with Gasteiger partial charge in [0.15, 0.2) is 0 Å². The van der Waals surface area contributed by atoms with Crippen LogP contribution >= 0.6 is 11.6 Å². The minimum atomic E-state index is -0.967. The molecule has 0 bridgehead atoms. The van der Waals surface area contributed by atoms with Crippen LogP contribution in [0.5, 0.6) is 0 Å². The largest absolute Gasteiger partial charge is 0.478 e. The number of carboxylic acid groups (broad SMARTS) is 1. The van der Waals surface area contributed by atoms with Crippen LogP contribution in [0.1, 0.15) is 39.9 Å². The Labute approximate surface area is 215 Å². The molecule has 2 atom stereocenters. The van der Waals surface area contributed by atoms with Crippen LogP contribution in [-0.2, 0) is 15.1 Å². The Hall–Kier alpha value is -3.65. The van der Waals surface area contributed by atoms with E-state index in [4.69, 9.17) is 21.4 Å². The molecule has 0 saturated carbocycles. The van der Waals surface area contributed by atoms with Crippen LogP contribution in [0.3, 0.4) is 0 Å². The number of rotatable bonds is 5. The number of fused-ring (bicyclic) bond motifs is 1. The van der Waals surface area contributed by atoms with Gasteiger partial charge in [-0.1, -0.05) is 29.8 Å². The van der Waals surface area contributed by atoms with Gasteiger partial charge in [0, 0.05) is 37.2 Å². The molecular weight excluding hydrogens is 480 g/mol. The van der Waals surface area contributed by atoms with E-state index in [1.165, 1.54) is 0 Å². The Kier molecular flexibility index (Phi) is 7.74. The van der Waals surface area contributed by atoms with Crippen molar-refractivity contribution in [1.29, 1.82) is 0 Å². The lowest BCUT2D eigenvalue weighted by Crippen LogP contribution is -2.45. The van der Waals surface area contributed by atoms with Gasteiger partial charge >= 0.3 is 5.97 Å². The topological polar surface area (TPSA) is 104 Å². The lowest BCUT2D eigenvalue weighted by atomic mass is 9.81. The Bertz CT molecular complexity index is 1200. The van der Waals surface area contributed by atoms with Crippen molar-refractivity contribution in [2.75, 3.05) is 18.0 Å². The molecular formula is C27H29ClN4O4. The fourth-order valence-corrected chi connectivity index (χ4v) is 4.94. The zero-order valence-corrected chi connectivity index (χ0v) is 21.0. The van der Waals surface area contributed by atoms with E-state index in [1.54, 1.807) is 24.5 Å². The molecule has 2 aliphatic heterocycles. The number of halogens is 1. The molecule has 3 aliphatic rings. The molecule has 188 valence electrons. The number of benzene rings is 1. The van der Waals surface area contributed by atoms with Crippen molar-refractivity contribution in [2.45, 2.75) is 44.4 Å². The van der Waals surface area contributed by atoms with E-state index in [-0.39, 0.29) is 17.6 Å². The number of aliphatic imine (C=N–C) groups is 1. The third-order valence-electron chi connectivity index (χ3n) is 6.70. The van der Waals surface area contributed by atoms with Crippen molar-refractivity contribution in [3.8, 4) is 0 Å². The second kappa shape index (κ2) is 11.0. The molecule has 2 N–H and O–H groups in total. The number of carboxylic acids is 1. The van der Waals surface area contributed by atoms with Gasteiger partial charge < -0.3 is 20.1 Å². The fourth-order valence-electron chi connectivity index (χ4n) is 4.73. The van der Waals surface area contributed by atoms with Crippen LogP contribution in [0.15, 0.2) is 64.8 Å². The van der Waals surface area contributed by atoms with Crippen molar-refractivity contribution in [3.63, 3.8) is 0 Å². The Morgan fingerprint density at radius 3 is 2.67 bits per heavy atom. The van der Waals surface area contributed by atoms with Gasteiger partial charge in [0.25, 0.3) is 6.47 Å². The minimum Gasteiger partial charge on any atom is -0.478 e. The predicted octanol–water partition coefficient (Wildman–Crippen LogP) is 4.11. The number of carbonyl (C=O) groups is 2. The van der Waals surface area contributed by atoms with Crippen LogP contribution in [0.4, 0.5) is 5.82 Å². The summed E-state index contributed by atoms with van der Waals surface area (Å²) in [7, 11) is 0. The van der Waals surface area contributed by atoms with Gasteiger partial charge in [-0.05, 0) is 60.9 Å². The summed E-state index contributed by atoms with van der Waals surface area (Å²) in [5.41, 5.74) is 2.29. The number of hydrogen-bond donors (Lipinski definition) is 2. The van der Waals surface area contributed by atoms with E-state index in [1.807, 2.05) is 50.4 Å². The van der Waals surface area contributed by atoms with Crippen LogP contribution in [0.25, 0.3) is 0 Å². The average molecular weight is 509 g/mol. The highest BCUT2D eigenvalue weighted by molar-refractivity contribution is 6.31. The van der Waals surface area contributed by atoms with Gasteiger partial charge in [-0.2, -0.15) is 0 Å². The number of hydrogen-bond acceptors (Lipinski definition) is 7. The number of nitrogens with zero attached hydrogens (tertiary/aromatic N) is 3. The number of allylic oxidation sites excluding steroid dienone is 2. The van der Waals surface area contributed by atoms with Crippen molar-refractivity contribution in [3.05, 3.63) is 82.0 Å². The molecule has 0 radical (unpaired) electrons. The number of carbonyl (C=O) groups excluding carboxylic acids is 1. The normalized spacial score (nSPS) is 21.4. The highest BCUT2D eigenvalue weighted by Gasteiger charge is 2.39. The third-order valence-corrected chi connectivity index (χ3v) is 6.95. The average Bonchev–Trinajstić information content (AvgIpc) is 3.33. The Morgan fingerprint density at radius 2 is 2.03 bits per heavy atom. The first kappa shape index (κ1) is 25.4. The number of pyridine rings is 1. The van der Waals surface area contributed by atoms with E-state index in [9.17, 15) is 9.59 Å². The summed E-state index contributed by atoms with van der Waals surface area (Å²) in [4.78, 5) is 33.2. The number of nitrogens with one attached hydrogen (secondary N) is 1. The van der Waals surface area contributed by atoms with Crippen LogP contribution < -0.4 is 10.2 Å². The third kappa shape index (κ3) is 5.60. The highest BCUT2D eigenvalue weighted by Crippen LogP contribution is 2.39. The second-order valence-corrected chi connectivity index (χ2v) is 9.53. The van der Waals surface area contributed by atoms with Crippen molar-refractivity contribution in [2.24, 2.45) is 4.99 Å². The number of aromatic carboxylic acids is 1. The van der Waals surface area contributed by atoms with Crippen LogP contribution in [0.2, 0.25) is 0 Å². The van der Waals surface area contributed by atoms with Gasteiger partial charge in [0.2, 0.25) is 0 Å². The van der Waals surface area contributed by atoms with Crippen molar-refractivity contribution < 1.29 is 19.4 Å². The van der Waals surface area contributed by atoms with Gasteiger partial charge in [0.05, 0.1) is 24.0 Å². The van der Waals surface area contributed by atoms with Gasteiger partial charge in [0.1, 0.15) is 11.4 Å². The maximum atomic E-state index is 11.2. The predicted molar refractivity (Wildman–Crippen MR) is 140 cm³/mol. The number of aromatic nitrogens is 1. The fraction of sp³-hybridized carbons (Fsp3) is 0.333. The van der Waals surface area contributed by atoms with Gasteiger partial charge in [-0.25, -0.2) is 9.78 Å². The molecule has 2 unspecified atom stereocenters. The molecule has 5 rings (SSSR count). The number of anilines is 1. The molecule has 8 nitrogen and oxygen atoms in total. The molecule has 9 heteroatoms. The summed E-state index contributed by atoms with van der Waals surface area (Å²) in [6.45, 7) is 5.74. The van der Waals surface area contributed by atoms with Gasteiger partial charge in [-0.3, -0.25) is 9.79 Å². The van der Waals surface area contributed by atoms with Crippen LogP contribution in [0, 0.1) is 13.8 Å². The molecule has 1 saturated heterocycles. The smallest absolute Gasteiger partial charge is 0.335 e. The van der Waals surface area contributed by atoms with E-state index in [0.717, 1.165) is 27.5 Å². The summed E-state index contributed by atoms with van der Waals surface area (Å²) >= 11 is 5.76. The van der Waals surface area contributed by atoms with E-state index in [0.29, 0.717) is 32.4 Å². The van der Waals surface area contributed by atoms with Crippen molar-refractivity contribution >= 4 is 36.2 Å². The zero-order chi connectivity index (χ0) is 25.7. The summed E-state index contributed by atoms with van der Waals surface area (Å²) < 4.78 is 5.57. The molecule has 1 aliphatic carbocycles. The molecule has 36 heavy (non-hydrogen) atoms. The first-order valence-corrected chi connectivity index (χ1v) is 12.2. The number of aryl methyl sites for hydroxylation is 2. The maximum absolute atomic E-state index is 11.2. The minimum absolute atomic E-state index is 0.230. The zero-order valence-electron chi connectivity index (χ0n) is 20.2. The quantitative estimate of drug-likeness (QED) is 0.585. The highest BCUT2D eigenvalue weighted by atomic mass is 35.5. The monoisotopic (exact) mass is 508 g/mol. The summed E-state index contributed by atoms with van der Waals surface area (Å²) in [6, 6.07) is 9.54. The number of ether oxygens (including phenoxy) is 1. The molecule has 2 aromatic rings. The Balaban J connectivity index is 0.000000251. The Morgan fingerprint density at radius 1 is 1.25 bits per heavy atom. The van der Waals surface area contributed by atoms with E-state index < -0.39 is 11.6 Å². The molecule has 1 fully saturated rings. The first-order valence-electron chi connectivity index (χ1n) is 11.8. The lowest BCUT2D eigenvalue weighted by Gasteiger charge is -2.41. The summed E-state index contributed by atoms with van der Waals surface area (Å²) in [6.07, 6.45) is 10.7. The maximum Gasteiger partial charge on any atom is 0.335 e. The second-order valence-electron chi connectivity index (χ2n) is 9.10. The molecule has 1 aromatic carbocycles. The van der Waals surface area contributed by atoms with E-state index in [2.05, 4.69) is 20.2 Å². The van der Waals surface area contributed by atoms with Crippen LogP contribution in [-0.4, -0.2) is 54.0 Å². The summed E-state index contributed by atoms with van der Waals surface area (Å²) in [5, 5.41) is 13.0. The number of piperidine rings is 1. The van der Waals surface area contributed by atoms with Crippen molar-refractivity contribution in [1.82, 2.24) is 10.3 Å². The molecule has 1 aromatic heterocycles. The lowest BCUT2D eigenvalue weighted by molar-refractivity contribution is -0.147. The molecule has 3 heterocycles. The van der Waals surface area contributed by atoms with Gasteiger partial charge in [-0.15, -0.1) is 0 Å².